The molecule has 4 nitrogen and oxygen atoms in total. The number of methoxy groups -OCH3 is 1. The number of esters is 1. The lowest BCUT2D eigenvalue weighted by Gasteiger charge is -2.30. The number of benzene rings is 4. The number of aliphatic hydroxyl groups excluding tert-OH is 1. The second-order valence-corrected chi connectivity index (χ2v) is 12.2. The molecule has 4 aromatic rings. The molecule has 0 bridgehead atoms. The summed E-state index contributed by atoms with van der Waals surface area (Å²) in [6.45, 7) is 0. The molecular formula is C30H29NO3PS+. The summed E-state index contributed by atoms with van der Waals surface area (Å²) in [7, 11) is -1.34. The lowest BCUT2D eigenvalue weighted by atomic mass is 10.2. The number of nitrogens with one attached hydrogen (secondary N) is 1. The topological polar surface area (TPSA) is 58.6 Å². The number of thioether (sulfide) groups is 1. The molecule has 6 heteroatoms. The van der Waals surface area contributed by atoms with Gasteiger partial charge in [0.15, 0.2) is 13.5 Å². The van der Waals surface area contributed by atoms with Gasteiger partial charge in [-0.1, -0.05) is 84.9 Å². The molecule has 2 N–H and O–H groups in total. The average molecular weight is 515 g/mol. The highest BCUT2D eigenvalue weighted by atomic mass is 32.2. The minimum Gasteiger partial charge on any atom is -0.463 e. The highest BCUT2D eigenvalue weighted by Crippen LogP contribution is 2.64. The van der Waals surface area contributed by atoms with Crippen LogP contribution in [0.4, 0.5) is 0 Å². The number of carbonyl (C=O) groups is 1. The molecule has 0 radical (unpaired) electrons. The lowest BCUT2D eigenvalue weighted by molar-refractivity contribution is -0.135. The van der Waals surface area contributed by atoms with Gasteiger partial charge >= 0.3 is 5.97 Å². The third-order valence-corrected chi connectivity index (χ3v) is 11.1. The predicted octanol–water partition coefficient (Wildman–Crippen LogP) is 4.97. The van der Waals surface area contributed by atoms with E-state index in [0.29, 0.717) is 15.9 Å². The Morgan fingerprint density at radius 3 is 1.50 bits per heavy atom. The normalized spacial score (nSPS) is 12.9. The number of rotatable bonds is 9. The molecule has 0 amide bonds. The Morgan fingerprint density at radius 2 is 1.14 bits per heavy atom. The molecule has 0 saturated carbocycles. The molecule has 0 unspecified atom stereocenters. The van der Waals surface area contributed by atoms with Gasteiger partial charge in [0.25, 0.3) is 0 Å². The Balaban J connectivity index is 2.09. The monoisotopic (exact) mass is 514 g/mol. The van der Waals surface area contributed by atoms with Crippen molar-refractivity contribution in [2.45, 2.75) is 6.23 Å². The SMILES string of the molecule is COC(=O)/C(=C(\N[C@H](O)c1ccccc1)SC)[P+](c1ccccc1)(c1ccccc1)c1ccccc1. The number of hydrogen-bond donors (Lipinski definition) is 2. The first kappa shape index (κ1) is 25.7. The Morgan fingerprint density at radius 1 is 0.750 bits per heavy atom. The summed E-state index contributed by atoms with van der Waals surface area (Å²) in [5, 5.41) is 18.5. The van der Waals surface area contributed by atoms with Crippen molar-refractivity contribution < 1.29 is 14.6 Å². The summed E-state index contributed by atoms with van der Waals surface area (Å²) < 4.78 is 5.45. The van der Waals surface area contributed by atoms with Gasteiger partial charge in [0.05, 0.1) is 7.11 Å². The molecule has 1 atom stereocenters. The Labute approximate surface area is 217 Å². The van der Waals surface area contributed by atoms with E-state index in [1.165, 1.54) is 18.9 Å². The second-order valence-electron chi connectivity index (χ2n) is 8.01. The Hall–Kier alpha value is -3.37. The summed E-state index contributed by atoms with van der Waals surface area (Å²) >= 11 is 1.39. The van der Waals surface area contributed by atoms with E-state index in [4.69, 9.17) is 4.74 Å². The largest absolute Gasteiger partial charge is 0.463 e. The van der Waals surface area contributed by atoms with Crippen molar-refractivity contribution in [3.63, 3.8) is 0 Å². The van der Waals surface area contributed by atoms with Crippen molar-refractivity contribution in [1.29, 1.82) is 0 Å². The first-order valence-corrected chi connectivity index (χ1v) is 14.6. The van der Waals surface area contributed by atoms with Crippen LogP contribution in [0.2, 0.25) is 0 Å². The van der Waals surface area contributed by atoms with Crippen molar-refractivity contribution in [1.82, 2.24) is 5.32 Å². The predicted molar refractivity (Wildman–Crippen MR) is 152 cm³/mol. The molecule has 0 aliphatic heterocycles. The molecule has 0 spiro atoms. The third-order valence-electron chi connectivity index (χ3n) is 5.95. The van der Waals surface area contributed by atoms with Crippen molar-refractivity contribution in [3.8, 4) is 0 Å². The van der Waals surface area contributed by atoms with Gasteiger partial charge in [0, 0.05) is 5.56 Å². The highest BCUT2D eigenvalue weighted by molar-refractivity contribution is 8.04. The maximum absolute atomic E-state index is 13.8. The van der Waals surface area contributed by atoms with Gasteiger partial charge in [0.1, 0.15) is 20.9 Å². The van der Waals surface area contributed by atoms with E-state index < -0.39 is 19.5 Å². The standard InChI is InChI=1S/C30H28NO3PS/c1-34-30(33)27(29(36-2)31-28(32)23-15-7-3-8-16-23)35(24-17-9-4-10-18-24,25-19-11-5-12-20-25)26-21-13-6-14-22-26/h3-22,28,32H,1-2H3/p+1/t28-/m1/s1. The second kappa shape index (κ2) is 12.0. The van der Waals surface area contributed by atoms with E-state index in [1.54, 1.807) is 0 Å². The Bertz CT molecular complexity index is 1200. The third kappa shape index (κ3) is 5.10. The molecule has 4 rings (SSSR count). The fourth-order valence-corrected chi connectivity index (χ4v) is 9.79. The van der Waals surface area contributed by atoms with Gasteiger partial charge in [-0.2, -0.15) is 0 Å². The molecular weight excluding hydrogens is 485 g/mol. The molecule has 36 heavy (non-hydrogen) atoms. The average Bonchev–Trinajstić information content (AvgIpc) is 2.96. The van der Waals surface area contributed by atoms with Crippen LogP contribution in [0.25, 0.3) is 0 Å². The zero-order chi connectivity index (χ0) is 25.4. The van der Waals surface area contributed by atoms with Gasteiger partial charge in [-0.05, 0) is 42.7 Å². The van der Waals surface area contributed by atoms with Crippen LogP contribution in [0.5, 0.6) is 0 Å². The molecule has 0 fully saturated rings. The smallest absolute Gasteiger partial charge is 0.377 e. The molecule has 0 saturated heterocycles. The minimum absolute atomic E-state index is 0.433. The van der Waals surface area contributed by atoms with Crippen molar-refractivity contribution in [2.75, 3.05) is 13.4 Å². The molecule has 182 valence electrons. The number of carbonyl (C=O) groups excluding carboxylic acids is 1. The maximum Gasteiger partial charge on any atom is 0.377 e. The summed E-state index contributed by atoms with van der Waals surface area (Å²) in [6.07, 6.45) is 0.899. The molecule has 0 aromatic heterocycles. The van der Waals surface area contributed by atoms with Crippen LogP contribution in [-0.4, -0.2) is 24.4 Å². The van der Waals surface area contributed by atoms with E-state index in [1.807, 2.05) is 91.2 Å². The van der Waals surface area contributed by atoms with Crippen molar-refractivity contribution in [3.05, 3.63) is 137 Å². The van der Waals surface area contributed by atoms with Crippen LogP contribution in [0.3, 0.4) is 0 Å². The van der Waals surface area contributed by atoms with Crippen molar-refractivity contribution in [2.24, 2.45) is 0 Å². The quantitative estimate of drug-likeness (QED) is 0.143. The van der Waals surface area contributed by atoms with E-state index in [0.717, 1.165) is 15.9 Å². The fraction of sp³-hybridized carbons (Fsp3) is 0.100. The molecule has 0 aliphatic rings. The summed E-state index contributed by atoms with van der Waals surface area (Å²) in [5.74, 6) is -0.433. The number of aliphatic hydroxyl groups is 1. The van der Waals surface area contributed by atoms with E-state index in [-0.39, 0.29) is 0 Å². The van der Waals surface area contributed by atoms with Gasteiger partial charge in [-0.3, -0.25) is 0 Å². The zero-order valence-electron chi connectivity index (χ0n) is 20.2. The van der Waals surface area contributed by atoms with Crippen LogP contribution < -0.4 is 21.2 Å². The van der Waals surface area contributed by atoms with E-state index in [9.17, 15) is 9.90 Å². The number of ether oxygens (including phenoxy) is 1. The van der Waals surface area contributed by atoms with Crippen LogP contribution >= 0.6 is 19.0 Å². The summed E-state index contributed by atoms with van der Waals surface area (Å²) in [5.41, 5.74) is 0.705. The van der Waals surface area contributed by atoms with Gasteiger partial charge < -0.3 is 15.2 Å². The molecule has 0 aliphatic carbocycles. The van der Waals surface area contributed by atoms with Crippen LogP contribution in [0, 0.1) is 0 Å². The number of hydrogen-bond acceptors (Lipinski definition) is 5. The molecule has 0 heterocycles. The van der Waals surface area contributed by atoms with Crippen LogP contribution in [0.15, 0.2) is 132 Å². The van der Waals surface area contributed by atoms with E-state index in [2.05, 4.69) is 41.7 Å². The lowest BCUT2D eigenvalue weighted by Crippen LogP contribution is -2.37. The van der Waals surface area contributed by atoms with Crippen molar-refractivity contribution >= 4 is 40.9 Å². The fourth-order valence-electron chi connectivity index (χ4n) is 4.33. The van der Waals surface area contributed by atoms with Crippen LogP contribution in [0.1, 0.15) is 11.8 Å². The Kier molecular flexibility index (Phi) is 8.61. The van der Waals surface area contributed by atoms with Gasteiger partial charge in [-0.15, -0.1) is 11.8 Å². The van der Waals surface area contributed by atoms with E-state index >= 15 is 0 Å². The highest BCUT2D eigenvalue weighted by Gasteiger charge is 2.55. The van der Waals surface area contributed by atoms with Gasteiger partial charge in [0.2, 0.25) is 5.31 Å². The minimum atomic E-state index is -2.75. The zero-order valence-corrected chi connectivity index (χ0v) is 22.0. The van der Waals surface area contributed by atoms with Crippen LogP contribution in [-0.2, 0) is 9.53 Å². The first-order chi connectivity index (χ1) is 17.6. The maximum atomic E-state index is 13.8. The summed E-state index contributed by atoms with van der Waals surface area (Å²) in [4.78, 5) is 13.8. The first-order valence-electron chi connectivity index (χ1n) is 11.6. The summed E-state index contributed by atoms with van der Waals surface area (Å²) in [6, 6.07) is 39.7. The van der Waals surface area contributed by atoms with Gasteiger partial charge in [-0.25, -0.2) is 4.79 Å². The molecule has 4 aromatic carbocycles.